The Balaban J connectivity index is 2.08. The fourth-order valence-electron chi connectivity index (χ4n) is 1.93. The molecule has 0 saturated heterocycles. The van der Waals surface area contributed by atoms with Crippen LogP contribution in [0.3, 0.4) is 0 Å². The van der Waals surface area contributed by atoms with Gasteiger partial charge in [-0.15, -0.1) is 0 Å². The fourth-order valence-corrected chi connectivity index (χ4v) is 2.82. The minimum absolute atomic E-state index is 0.266. The molecule has 0 atom stereocenters. The van der Waals surface area contributed by atoms with Crippen LogP contribution in [0.15, 0.2) is 18.2 Å². The second kappa shape index (κ2) is 6.15. The summed E-state index contributed by atoms with van der Waals surface area (Å²) >= 11 is 1.09. The van der Waals surface area contributed by atoms with Crippen molar-refractivity contribution < 1.29 is 18.5 Å². The molecule has 5 nitrogen and oxygen atoms in total. The van der Waals surface area contributed by atoms with Crippen LogP contribution in [0.25, 0.3) is 0 Å². The molecule has 0 unspecified atom stereocenters. The number of hydrogen-bond donors (Lipinski definition) is 0. The monoisotopic (exact) mass is 315 g/mol. The molecule has 1 aliphatic heterocycles. The molecule has 20 heavy (non-hydrogen) atoms. The van der Waals surface area contributed by atoms with Gasteiger partial charge in [0.1, 0.15) is 5.60 Å². The van der Waals surface area contributed by atoms with E-state index < -0.39 is 6.09 Å². The van der Waals surface area contributed by atoms with Crippen LogP contribution in [0, 0.1) is 0 Å². The first kappa shape index (κ1) is 15.3. The second-order valence-electron chi connectivity index (χ2n) is 4.96. The minimum atomic E-state index is -0.471. The third kappa shape index (κ3) is 3.53. The molecule has 0 N–H and O–H groups in total. The van der Waals surface area contributed by atoms with Gasteiger partial charge in [0.15, 0.2) is 11.5 Å². The molecule has 0 aromatic heterocycles. The zero-order valence-corrected chi connectivity index (χ0v) is 13.5. The third-order valence-corrected chi connectivity index (χ3v) is 4.55. The number of carbonyl (C=O) groups is 1. The smallest absolute Gasteiger partial charge is 0.425 e. The summed E-state index contributed by atoms with van der Waals surface area (Å²) in [7, 11) is 4.31. The van der Waals surface area contributed by atoms with Gasteiger partial charge < -0.3 is 13.7 Å². The summed E-state index contributed by atoms with van der Waals surface area (Å²) in [5.41, 5.74) is 0.791. The Bertz CT molecular complexity index is 507. The van der Waals surface area contributed by atoms with Gasteiger partial charge >= 0.3 is 6.09 Å². The van der Waals surface area contributed by atoms with Crippen molar-refractivity contribution in [3.05, 3.63) is 23.8 Å². The molecule has 1 aliphatic rings. The second-order valence-corrected chi connectivity index (χ2v) is 6.98. The van der Waals surface area contributed by atoms with Gasteiger partial charge in [-0.2, -0.15) is 0 Å². The van der Waals surface area contributed by atoms with Crippen LogP contribution in [0.5, 0.6) is 11.5 Å². The van der Waals surface area contributed by atoms with Crippen LogP contribution >= 0.6 is 22.1 Å². The summed E-state index contributed by atoms with van der Waals surface area (Å²) in [5.74, 6) is 1.11. The largest absolute Gasteiger partial charge is 0.483 e. The van der Waals surface area contributed by atoms with Gasteiger partial charge in [-0.05, 0) is 19.9 Å². The Kier molecular flexibility index (Phi) is 4.72. The zero-order chi connectivity index (χ0) is 14.8. The highest BCUT2D eigenvalue weighted by Gasteiger charge is 2.33. The quantitative estimate of drug-likeness (QED) is 0.480. The van der Waals surface area contributed by atoms with E-state index in [1.54, 1.807) is 13.1 Å². The Hall–Kier alpha value is -1.05. The maximum Gasteiger partial charge on any atom is 0.425 e. The minimum Gasteiger partial charge on any atom is -0.483 e. The average Bonchev–Trinajstić information content (AvgIpc) is 2.71. The predicted octanol–water partition coefficient (Wildman–Crippen LogP) is 3.69. The molecule has 1 heterocycles. The number of rotatable bonds is 4. The summed E-state index contributed by atoms with van der Waals surface area (Å²) in [6.07, 6.45) is 0.332. The van der Waals surface area contributed by atoms with E-state index in [1.165, 1.54) is 11.4 Å². The van der Waals surface area contributed by atoms with Crippen molar-refractivity contribution in [1.82, 2.24) is 4.31 Å². The van der Waals surface area contributed by atoms with E-state index in [0.29, 0.717) is 11.5 Å². The average molecular weight is 315 g/mol. The highest BCUT2D eigenvalue weighted by Crippen LogP contribution is 2.42. The maximum absolute atomic E-state index is 11.9. The van der Waals surface area contributed by atoms with Crippen molar-refractivity contribution in [1.29, 1.82) is 0 Å². The first-order valence-corrected chi connectivity index (χ1v) is 8.10. The lowest BCUT2D eigenvalue weighted by Crippen LogP contribution is -2.25. The van der Waals surface area contributed by atoms with Gasteiger partial charge in [0.05, 0.1) is 29.2 Å². The van der Waals surface area contributed by atoms with E-state index in [2.05, 4.69) is 0 Å². The van der Waals surface area contributed by atoms with E-state index in [1.807, 2.05) is 26.0 Å². The van der Waals surface area contributed by atoms with Crippen molar-refractivity contribution in [3.63, 3.8) is 0 Å². The van der Waals surface area contributed by atoms with Gasteiger partial charge in [-0.3, -0.25) is 0 Å². The normalized spacial score (nSPS) is 15.4. The summed E-state index contributed by atoms with van der Waals surface area (Å²) < 4.78 is 17.4. The molecule has 1 amide bonds. The first-order valence-electron chi connectivity index (χ1n) is 6.07. The van der Waals surface area contributed by atoms with Gasteiger partial charge in [0, 0.05) is 19.0 Å². The molecule has 2 rings (SSSR count). The topological polar surface area (TPSA) is 48.0 Å². The number of benzene rings is 1. The summed E-state index contributed by atoms with van der Waals surface area (Å²) in [4.78, 5) is 11.9. The Morgan fingerprint density at radius 2 is 2.20 bits per heavy atom. The van der Waals surface area contributed by atoms with Gasteiger partial charge in [0.25, 0.3) is 0 Å². The van der Waals surface area contributed by atoms with E-state index in [-0.39, 0.29) is 5.60 Å². The van der Waals surface area contributed by atoms with Crippen LogP contribution < -0.4 is 9.47 Å². The number of fused-ring (bicyclic) bond motifs is 1. The van der Waals surface area contributed by atoms with Crippen LogP contribution in [0.2, 0.25) is 0 Å². The molecular formula is C13H17NO4S2. The standard InChI is InChI=1S/C13H17NO4S2/c1-13(2)8-9-6-5-7-10(11(9)18-13)17-12(15)14(3)19-20-16-4/h5-7H,8H2,1-4H3. The van der Waals surface area contributed by atoms with Gasteiger partial charge in [-0.1, -0.05) is 12.1 Å². The van der Waals surface area contributed by atoms with Crippen molar-refractivity contribution >= 4 is 28.1 Å². The lowest BCUT2D eigenvalue weighted by Gasteiger charge is -2.19. The number of hydrogen-bond acceptors (Lipinski definition) is 6. The molecule has 0 fully saturated rings. The summed E-state index contributed by atoms with van der Waals surface area (Å²) in [5, 5.41) is 0. The number of amides is 1. The number of carbonyl (C=O) groups excluding carboxylic acids is 1. The molecule has 0 aliphatic carbocycles. The number of ether oxygens (including phenoxy) is 2. The summed E-state index contributed by atoms with van der Waals surface area (Å²) in [6, 6.07) is 5.59. The fraction of sp³-hybridized carbons (Fsp3) is 0.462. The Morgan fingerprint density at radius 1 is 1.45 bits per heavy atom. The molecular weight excluding hydrogens is 298 g/mol. The molecule has 1 aromatic rings. The van der Waals surface area contributed by atoms with Crippen molar-refractivity contribution in [3.8, 4) is 11.5 Å². The highest BCUT2D eigenvalue weighted by atomic mass is 33.1. The van der Waals surface area contributed by atoms with Crippen LogP contribution in [-0.4, -0.2) is 30.2 Å². The van der Waals surface area contributed by atoms with Crippen molar-refractivity contribution in [2.24, 2.45) is 0 Å². The molecule has 0 spiro atoms. The van der Waals surface area contributed by atoms with E-state index in [0.717, 1.165) is 34.0 Å². The molecule has 0 bridgehead atoms. The highest BCUT2D eigenvalue weighted by molar-refractivity contribution is 8.74. The summed E-state index contributed by atoms with van der Waals surface area (Å²) in [6.45, 7) is 4.02. The lowest BCUT2D eigenvalue weighted by atomic mass is 10.0. The molecule has 0 saturated carbocycles. The van der Waals surface area contributed by atoms with E-state index in [9.17, 15) is 4.79 Å². The van der Waals surface area contributed by atoms with Gasteiger partial charge in [0.2, 0.25) is 0 Å². The van der Waals surface area contributed by atoms with Crippen LogP contribution in [-0.2, 0) is 10.6 Å². The predicted molar refractivity (Wildman–Crippen MR) is 80.8 cm³/mol. The third-order valence-electron chi connectivity index (χ3n) is 2.72. The molecule has 1 aromatic carbocycles. The zero-order valence-electron chi connectivity index (χ0n) is 11.8. The van der Waals surface area contributed by atoms with Crippen molar-refractivity contribution in [2.75, 3.05) is 14.2 Å². The molecule has 110 valence electrons. The van der Waals surface area contributed by atoms with Crippen LogP contribution in [0.4, 0.5) is 4.79 Å². The molecule has 7 heteroatoms. The van der Waals surface area contributed by atoms with E-state index in [4.69, 9.17) is 13.7 Å². The maximum atomic E-state index is 11.9. The Morgan fingerprint density at radius 3 is 2.90 bits per heavy atom. The number of nitrogens with zero attached hydrogens (tertiary/aromatic N) is 1. The Labute approximate surface area is 126 Å². The van der Waals surface area contributed by atoms with E-state index >= 15 is 0 Å². The van der Waals surface area contributed by atoms with Gasteiger partial charge in [-0.25, -0.2) is 9.10 Å². The lowest BCUT2D eigenvalue weighted by molar-refractivity contribution is 0.132. The number of para-hydroxylation sites is 1. The van der Waals surface area contributed by atoms with Crippen molar-refractivity contribution in [2.45, 2.75) is 25.9 Å². The first-order chi connectivity index (χ1) is 9.43. The SMILES string of the molecule is COSSN(C)C(=O)Oc1cccc2c1OC(C)(C)C2. The molecule has 0 radical (unpaired) electrons. The van der Waals surface area contributed by atoms with Crippen LogP contribution in [0.1, 0.15) is 19.4 Å².